The van der Waals surface area contributed by atoms with E-state index in [-0.39, 0.29) is 42.7 Å². The van der Waals surface area contributed by atoms with Gasteiger partial charge in [0.1, 0.15) is 37.5 Å². The molecule has 40 heavy (non-hydrogen) atoms. The molecule has 0 aliphatic carbocycles. The van der Waals surface area contributed by atoms with Gasteiger partial charge in [0.2, 0.25) is 5.43 Å². The standard InChI is InChI=1S/C32H28FN3O4/c33-25-14-15-26-28(20-25)39-19-9-3-8-17-34-22-36(29(26)24-12-6-2-7-13-24)35-18-16-27(37)31(30(35)32(34)38)40-21-23-10-4-1-5-11-23/h1-7,9-16,18,20,29H,8,17,19,21-22H2/b9-3+/t29-/m1/s1. The molecule has 1 atom stereocenters. The van der Waals surface area contributed by atoms with Crippen molar-refractivity contribution in [1.82, 2.24) is 9.58 Å². The summed E-state index contributed by atoms with van der Waals surface area (Å²) >= 11 is 0. The SMILES string of the molecule is O=C1c2c(OCc3ccccc3)c(=O)ccn2N2CN1CC/C=C/COc1cc(F)ccc1[C@H]2c1ccccc1. The largest absolute Gasteiger partial charge is 0.489 e. The van der Waals surface area contributed by atoms with Gasteiger partial charge in [0, 0.05) is 30.4 Å². The van der Waals surface area contributed by atoms with Crippen LogP contribution < -0.4 is 19.9 Å². The van der Waals surface area contributed by atoms with E-state index in [9.17, 15) is 14.0 Å². The van der Waals surface area contributed by atoms with Crippen LogP contribution >= 0.6 is 0 Å². The maximum atomic E-state index is 14.4. The average molecular weight is 538 g/mol. The van der Waals surface area contributed by atoms with Crippen LogP contribution in [-0.4, -0.2) is 35.3 Å². The third kappa shape index (κ3) is 4.96. The maximum Gasteiger partial charge on any atom is 0.277 e. The van der Waals surface area contributed by atoms with Gasteiger partial charge in [0.15, 0.2) is 11.4 Å². The molecular formula is C32H28FN3O4. The van der Waals surface area contributed by atoms with Crippen molar-refractivity contribution in [1.29, 1.82) is 0 Å². The van der Waals surface area contributed by atoms with Gasteiger partial charge in [-0.3, -0.25) is 19.3 Å². The molecule has 7 nitrogen and oxygen atoms in total. The highest BCUT2D eigenvalue weighted by Crippen LogP contribution is 2.37. The van der Waals surface area contributed by atoms with Gasteiger partial charge in [0.05, 0.1) is 0 Å². The quantitative estimate of drug-likeness (QED) is 0.341. The van der Waals surface area contributed by atoms with Gasteiger partial charge in [-0.15, -0.1) is 0 Å². The summed E-state index contributed by atoms with van der Waals surface area (Å²) in [6.45, 7) is 1.08. The van der Waals surface area contributed by atoms with Crippen molar-refractivity contribution in [2.24, 2.45) is 0 Å². The highest BCUT2D eigenvalue weighted by Gasteiger charge is 2.37. The molecule has 0 fully saturated rings. The minimum atomic E-state index is -0.473. The van der Waals surface area contributed by atoms with E-state index in [1.54, 1.807) is 21.8 Å². The molecule has 8 heteroatoms. The highest BCUT2D eigenvalue weighted by atomic mass is 19.1. The number of amides is 1. The third-order valence-electron chi connectivity index (χ3n) is 7.09. The Kier molecular flexibility index (Phi) is 7.06. The van der Waals surface area contributed by atoms with Crippen LogP contribution in [0.25, 0.3) is 0 Å². The first-order chi connectivity index (χ1) is 19.6. The molecule has 0 saturated carbocycles. The Hall–Kier alpha value is -4.85. The van der Waals surface area contributed by atoms with E-state index in [1.165, 1.54) is 18.2 Å². The van der Waals surface area contributed by atoms with E-state index in [2.05, 4.69) is 0 Å². The fraction of sp³-hybridized carbons (Fsp3) is 0.188. The second-order valence-electron chi connectivity index (χ2n) is 9.69. The summed E-state index contributed by atoms with van der Waals surface area (Å²) in [6.07, 6.45) is 6.00. The van der Waals surface area contributed by atoms with E-state index in [0.29, 0.717) is 18.7 Å². The van der Waals surface area contributed by atoms with Crippen LogP contribution in [-0.2, 0) is 6.61 Å². The van der Waals surface area contributed by atoms with Crippen molar-refractivity contribution in [3.8, 4) is 11.5 Å². The van der Waals surface area contributed by atoms with Crippen LogP contribution in [0.15, 0.2) is 108 Å². The number of hydrogen-bond donors (Lipinski definition) is 0. The van der Waals surface area contributed by atoms with E-state index in [0.717, 1.165) is 16.7 Å². The smallest absolute Gasteiger partial charge is 0.277 e. The van der Waals surface area contributed by atoms with Crippen LogP contribution in [0.5, 0.6) is 11.5 Å². The van der Waals surface area contributed by atoms with Crippen molar-refractivity contribution in [2.75, 3.05) is 24.8 Å². The highest BCUT2D eigenvalue weighted by molar-refractivity contribution is 5.96. The van der Waals surface area contributed by atoms with E-state index < -0.39 is 11.9 Å². The number of nitrogens with zero attached hydrogens (tertiary/aromatic N) is 3. The molecule has 202 valence electrons. The molecule has 3 heterocycles. The number of carbonyl (C=O) groups is 1. The van der Waals surface area contributed by atoms with Crippen molar-refractivity contribution >= 4 is 5.91 Å². The molecule has 0 unspecified atom stereocenters. The minimum Gasteiger partial charge on any atom is -0.489 e. The van der Waals surface area contributed by atoms with Crippen LogP contribution in [0.1, 0.15) is 39.6 Å². The first-order valence-electron chi connectivity index (χ1n) is 13.2. The Morgan fingerprint density at radius 2 is 1.70 bits per heavy atom. The molecule has 2 aliphatic rings. The van der Waals surface area contributed by atoms with Gasteiger partial charge in [-0.2, -0.15) is 0 Å². The first kappa shape index (κ1) is 25.4. The minimum absolute atomic E-state index is 0.00363. The van der Waals surface area contributed by atoms with E-state index in [4.69, 9.17) is 9.47 Å². The zero-order valence-electron chi connectivity index (χ0n) is 21.8. The molecule has 2 aliphatic heterocycles. The van der Waals surface area contributed by atoms with Crippen molar-refractivity contribution in [2.45, 2.75) is 19.1 Å². The monoisotopic (exact) mass is 537 g/mol. The Labute approximate surface area is 231 Å². The zero-order chi connectivity index (χ0) is 27.5. The van der Waals surface area contributed by atoms with Crippen LogP contribution in [0.2, 0.25) is 0 Å². The number of carbonyl (C=O) groups excluding carboxylic acids is 1. The van der Waals surface area contributed by atoms with Gasteiger partial charge in [-0.05, 0) is 29.7 Å². The number of hydrogen-bond acceptors (Lipinski definition) is 5. The number of aromatic nitrogens is 1. The molecule has 4 aromatic rings. The molecule has 0 N–H and O–H groups in total. The Bertz CT molecular complexity index is 1600. The summed E-state index contributed by atoms with van der Waals surface area (Å²) in [6, 6.07) is 24.7. The second kappa shape index (κ2) is 11.1. The number of rotatable bonds is 4. The van der Waals surface area contributed by atoms with Crippen LogP contribution in [0.3, 0.4) is 0 Å². The first-order valence-corrected chi connectivity index (χ1v) is 13.2. The van der Waals surface area contributed by atoms with Crippen molar-refractivity contribution in [3.63, 3.8) is 0 Å². The predicted octanol–water partition coefficient (Wildman–Crippen LogP) is 5.05. The summed E-state index contributed by atoms with van der Waals surface area (Å²) in [7, 11) is 0. The fourth-order valence-corrected chi connectivity index (χ4v) is 5.18. The fourth-order valence-electron chi connectivity index (χ4n) is 5.18. The second-order valence-corrected chi connectivity index (χ2v) is 9.69. The Balaban J connectivity index is 1.54. The van der Waals surface area contributed by atoms with Crippen LogP contribution in [0, 0.1) is 5.82 Å². The lowest BCUT2D eigenvalue weighted by Gasteiger charge is -2.44. The molecule has 1 aromatic heterocycles. The topological polar surface area (TPSA) is 64.0 Å². The van der Waals surface area contributed by atoms with Crippen molar-refractivity contribution in [3.05, 3.63) is 142 Å². The summed E-state index contributed by atoms with van der Waals surface area (Å²) in [5, 5.41) is 1.99. The molecule has 1 amide bonds. The van der Waals surface area contributed by atoms with Crippen molar-refractivity contribution < 1.29 is 18.7 Å². The summed E-state index contributed by atoms with van der Waals surface area (Å²) in [5.74, 6) is -0.288. The zero-order valence-corrected chi connectivity index (χ0v) is 21.8. The van der Waals surface area contributed by atoms with E-state index >= 15 is 0 Å². The van der Waals surface area contributed by atoms with Gasteiger partial charge in [-0.1, -0.05) is 72.8 Å². The number of pyridine rings is 1. The number of benzene rings is 3. The number of fused-ring (bicyclic) bond motifs is 5. The van der Waals surface area contributed by atoms with Gasteiger partial charge in [-0.25, -0.2) is 4.39 Å². The molecule has 0 radical (unpaired) electrons. The molecule has 0 spiro atoms. The number of halogens is 1. The number of ether oxygens (including phenoxy) is 2. The van der Waals surface area contributed by atoms with Gasteiger partial charge in [0.25, 0.3) is 5.91 Å². The average Bonchev–Trinajstić information content (AvgIpc) is 2.97. The van der Waals surface area contributed by atoms with Gasteiger partial charge >= 0.3 is 0 Å². The lowest BCUT2D eigenvalue weighted by molar-refractivity contribution is 0.0679. The molecule has 6 rings (SSSR count). The van der Waals surface area contributed by atoms with Gasteiger partial charge < -0.3 is 14.4 Å². The third-order valence-corrected chi connectivity index (χ3v) is 7.09. The molecule has 3 aromatic carbocycles. The van der Waals surface area contributed by atoms with Crippen LogP contribution in [0.4, 0.5) is 4.39 Å². The Morgan fingerprint density at radius 3 is 2.50 bits per heavy atom. The lowest BCUT2D eigenvalue weighted by atomic mass is 9.96. The summed E-state index contributed by atoms with van der Waals surface area (Å²) in [4.78, 5) is 28.8. The normalized spacial score (nSPS) is 17.5. The maximum absolute atomic E-state index is 14.4. The molecule has 0 saturated heterocycles. The Morgan fingerprint density at radius 1 is 0.925 bits per heavy atom. The molecular weight excluding hydrogens is 509 g/mol. The van der Waals surface area contributed by atoms with E-state index in [1.807, 2.05) is 77.8 Å². The lowest BCUT2D eigenvalue weighted by Crippen LogP contribution is -2.55. The predicted molar refractivity (Wildman–Crippen MR) is 150 cm³/mol. The molecule has 2 bridgehead atoms. The summed E-state index contributed by atoms with van der Waals surface area (Å²) in [5.41, 5.74) is 2.30. The summed E-state index contributed by atoms with van der Waals surface area (Å²) < 4.78 is 28.2.